The van der Waals surface area contributed by atoms with Gasteiger partial charge >= 0.3 is 0 Å². The van der Waals surface area contributed by atoms with E-state index in [0.717, 1.165) is 25.6 Å². The average molecular weight is 335 g/mol. The van der Waals surface area contributed by atoms with Crippen LogP contribution in [0.15, 0.2) is 44.7 Å². The van der Waals surface area contributed by atoms with Crippen LogP contribution in [0.25, 0.3) is 21.8 Å². The monoisotopic (exact) mass is 334 g/mol. The van der Waals surface area contributed by atoms with Crippen molar-refractivity contribution in [2.45, 2.75) is 6.92 Å². The van der Waals surface area contributed by atoms with Crippen molar-refractivity contribution in [3.63, 3.8) is 0 Å². The van der Waals surface area contributed by atoms with E-state index in [-0.39, 0.29) is 0 Å². The van der Waals surface area contributed by atoms with Crippen molar-refractivity contribution in [2.24, 2.45) is 0 Å². The Labute approximate surface area is 123 Å². The Morgan fingerprint density at radius 3 is 2.79 bits per heavy atom. The van der Waals surface area contributed by atoms with Crippen LogP contribution in [0.4, 0.5) is 5.82 Å². The van der Waals surface area contributed by atoms with Crippen LogP contribution in [0.2, 0.25) is 0 Å². The van der Waals surface area contributed by atoms with Gasteiger partial charge in [0.2, 0.25) is 0 Å². The third-order valence-electron chi connectivity index (χ3n) is 2.82. The fourth-order valence-corrected chi connectivity index (χ4v) is 3.36. The third kappa shape index (κ3) is 2.31. The highest BCUT2D eigenvalue weighted by Crippen LogP contribution is 2.40. The predicted octanol–water partition coefficient (Wildman–Crippen LogP) is 4.72. The van der Waals surface area contributed by atoms with Gasteiger partial charge in [0, 0.05) is 0 Å². The smallest absolute Gasteiger partial charge is 0.186 e. The minimum absolute atomic E-state index is 0.421. The predicted molar refractivity (Wildman–Crippen MR) is 82.1 cm³/mol. The van der Waals surface area contributed by atoms with E-state index < -0.39 is 0 Å². The average Bonchev–Trinajstić information content (AvgIpc) is 2.95. The number of rotatable bonds is 2. The number of nitrogens with zero attached hydrogens (tertiary/aromatic N) is 1. The summed E-state index contributed by atoms with van der Waals surface area (Å²) in [6, 6.07) is 12.1. The highest BCUT2D eigenvalue weighted by molar-refractivity contribution is 9.11. The van der Waals surface area contributed by atoms with Crippen molar-refractivity contribution in [3.05, 3.63) is 45.7 Å². The molecule has 19 heavy (non-hydrogen) atoms. The molecule has 0 aliphatic carbocycles. The van der Waals surface area contributed by atoms with Gasteiger partial charge in [-0.25, -0.2) is 0 Å². The standard InChI is InChI=1S/C14H11BrN2OS/c1-8-3-2-4-9(7-8)12-13(18-17-14(12)16)10-5-6-11(15)19-10/h2-7H,1H3,(H2,16,17). The van der Waals surface area contributed by atoms with Gasteiger partial charge in [0.15, 0.2) is 11.6 Å². The first kappa shape index (κ1) is 12.4. The lowest BCUT2D eigenvalue weighted by Gasteiger charge is -2.02. The molecule has 0 spiro atoms. The summed E-state index contributed by atoms with van der Waals surface area (Å²) in [6.45, 7) is 2.05. The van der Waals surface area contributed by atoms with Gasteiger partial charge in [-0.2, -0.15) is 0 Å². The Bertz CT molecular complexity index is 733. The molecule has 96 valence electrons. The van der Waals surface area contributed by atoms with E-state index in [2.05, 4.69) is 40.1 Å². The first-order chi connectivity index (χ1) is 9.15. The molecule has 0 aliphatic heterocycles. The lowest BCUT2D eigenvalue weighted by molar-refractivity contribution is 0.437. The Balaban J connectivity index is 2.19. The summed E-state index contributed by atoms with van der Waals surface area (Å²) in [5.74, 6) is 1.14. The minimum Gasteiger partial charge on any atom is -0.380 e. The molecule has 0 aliphatic rings. The number of hydrogen-bond acceptors (Lipinski definition) is 4. The molecule has 0 bridgehead atoms. The van der Waals surface area contributed by atoms with Crippen LogP contribution in [0.1, 0.15) is 5.56 Å². The van der Waals surface area contributed by atoms with Gasteiger partial charge < -0.3 is 10.3 Å². The van der Waals surface area contributed by atoms with Crippen molar-refractivity contribution in [3.8, 4) is 21.8 Å². The molecule has 3 rings (SSSR count). The number of benzene rings is 1. The van der Waals surface area contributed by atoms with E-state index >= 15 is 0 Å². The number of nitrogen functional groups attached to an aromatic ring is 1. The van der Waals surface area contributed by atoms with E-state index in [9.17, 15) is 0 Å². The maximum absolute atomic E-state index is 5.96. The molecule has 0 amide bonds. The van der Waals surface area contributed by atoms with Gasteiger partial charge in [0.05, 0.1) is 14.2 Å². The summed E-state index contributed by atoms with van der Waals surface area (Å²) < 4.78 is 6.45. The van der Waals surface area contributed by atoms with Gasteiger partial charge in [-0.1, -0.05) is 35.0 Å². The zero-order chi connectivity index (χ0) is 13.4. The topological polar surface area (TPSA) is 52.0 Å². The molecule has 0 saturated carbocycles. The number of aromatic nitrogens is 1. The molecule has 0 radical (unpaired) electrons. The number of halogens is 1. The highest BCUT2D eigenvalue weighted by atomic mass is 79.9. The molecule has 1 aromatic carbocycles. The fraction of sp³-hybridized carbons (Fsp3) is 0.0714. The van der Waals surface area contributed by atoms with Crippen LogP contribution in [-0.2, 0) is 0 Å². The van der Waals surface area contributed by atoms with Crippen molar-refractivity contribution in [1.82, 2.24) is 5.16 Å². The maximum Gasteiger partial charge on any atom is 0.186 e. The number of aryl methyl sites for hydroxylation is 1. The molecule has 5 heteroatoms. The number of nitrogens with two attached hydrogens (primary N) is 1. The molecule has 3 nitrogen and oxygen atoms in total. The first-order valence-corrected chi connectivity index (χ1v) is 7.34. The second-order valence-corrected chi connectivity index (χ2v) is 6.71. The van der Waals surface area contributed by atoms with Crippen LogP contribution in [-0.4, -0.2) is 5.16 Å². The van der Waals surface area contributed by atoms with Crippen molar-refractivity contribution < 1.29 is 4.52 Å². The number of anilines is 1. The third-order valence-corrected chi connectivity index (χ3v) is 4.44. The Morgan fingerprint density at radius 2 is 2.11 bits per heavy atom. The van der Waals surface area contributed by atoms with Crippen LogP contribution >= 0.6 is 27.3 Å². The SMILES string of the molecule is Cc1cccc(-c2c(N)noc2-c2ccc(Br)s2)c1. The molecule has 0 saturated heterocycles. The first-order valence-electron chi connectivity index (χ1n) is 5.73. The van der Waals surface area contributed by atoms with Crippen LogP contribution in [0.3, 0.4) is 0 Å². The fourth-order valence-electron chi connectivity index (χ4n) is 1.99. The zero-order valence-electron chi connectivity index (χ0n) is 10.2. The van der Waals surface area contributed by atoms with Gasteiger partial charge in [-0.15, -0.1) is 11.3 Å². The molecular formula is C14H11BrN2OS. The molecule has 0 unspecified atom stereocenters. The zero-order valence-corrected chi connectivity index (χ0v) is 12.6. The van der Waals surface area contributed by atoms with E-state index in [1.54, 1.807) is 11.3 Å². The van der Waals surface area contributed by atoms with E-state index in [4.69, 9.17) is 10.3 Å². The van der Waals surface area contributed by atoms with E-state index in [1.165, 1.54) is 5.56 Å². The summed E-state index contributed by atoms with van der Waals surface area (Å²) in [5, 5.41) is 3.90. The van der Waals surface area contributed by atoms with Crippen LogP contribution in [0.5, 0.6) is 0 Å². The highest BCUT2D eigenvalue weighted by Gasteiger charge is 2.18. The molecule has 2 aromatic heterocycles. The summed E-state index contributed by atoms with van der Waals surface area (Å²) >= 11 is 5.05. The summed E-state index contributed by atoms with van der Waals surface area (Å²) in [4.78, 5) is 1.01. The van der Waals surface area contributed by atoms with Crippen molar-refractivity contribution in [1.29, 1.82) is 0 Å². The Morgan fingerprint density at radius 1 is 1.26 bits per heavy atom. The van der Waals surface area contributed by atoms with Gasteiger partial charge in [-0.05, 0) is 40.5 Å². The van der Waals surface area contributed by atoms with E-state index in [1.807, 2.05) is 24.3 Å². The lowest BCUT2D eigenvalue weighted by Crippen LogP contribution is -1.88. The van der Waals surface area contributed by atoms with Crippen molar-refractivity contribution >= 4 is 33.1 Å². The number of thiophene rings is 1. The van der Waals surface area contributed by atoms with Crippen molar-refractivity contribution in [2.75, 3.05) is 5.73 Å². The summed E-state index contributed by atoms with van der Waals surface area (Å²) in [7, 11) is 0. The Hall–Kier alpha value is -1.59. The maximum atomic E-state index is 5.96. The van der Waals surface area contributed by atoms with Gasteiger partial charge in [-0.3, -0.25) is 0 Å². The lowest BCUT2D eigenvalue weighted by atomic mass is 10.0. The molecule has 3 aromatic rings. The summed E-state index contributed by atoms with van der Waals surface area (Å²) in [5.41, 5.74) is 9.02. The van der Waals surface area contributed by atoms with Crippen LogP contribution in [0, 0.1) is 6.92 Å². The largest absolute Gasteiger partial charge is 0.380 e. The molecule has 0 fully saturated rings. The normalized spacial score (nSPS) is 10.8. The second kappa shape index (κ2) is 4.83. The minimum atomic E-state index is 0.421. The second-order valence-electron chi connectivity index (χ2n) is 4.25. The van der Waals surface area contributed by atoms with Crippen LogP contribution < -0.4 is 5.73 Å². The molecular weight excluding hydrogens is 324 g/mol. The Kier molecular flexibility index (Phi) is 3.16. The van der Waals surface area contributed by atoms with Gasteiger partial charge in [0.25, 0.3) is 0 Å². The molecule has 2 N–H and O–H groups in total. The number of hydrogen-bond donors (Lipinski definition) is 1. The molecule has 2 heterocycles. The summed E-state index contributed by atoms with van der Waals surface area (Å²) in [6.07, 6.45) is 0. The van der Waals surface area contributed by atoms with E-state index in [0.29, 0.717) is 5.82 Å². The molecule has 0 atom stereocenters. The quantitative estimate of drug-likeness (QED) is 0.737. The van der Waals surface area contributed by atoms with Gasteiger partial charge in [0.1, 0.15) is 0 Å².